The summed E-state index contributed by atoms with van der Waals surface area (Å²) in [5.41, 5.74) is 14.9. The first kappa shape index (κ1) is 35.8. The number of aromatic nitrogens is 4. The molecule has 0 saturated carbocycles. The molecule has 7 aromatic carbocycles. The molecule has 3 heterocycles. The van der Waals surface area contributed by atoms with E-state index >= 15 is 0 Å². The molecule has 0 N–H and O–H groups in total. The van der Waals surface area contributed by atoms with E-state index in [0.717, 1.165) is 39.1 Å². The second kappa shape index (κ2) is 18.7. The Balaban J connectivity index is 0.000000257. The van der Waals surface area contributed by atoms with E-state index in [0.29, 0.717) is 28.2 Å². The first-order chi connectivity index (χ1) is 32.6. The maximum absolute atomic E-state index is 7.28. The molecule has 6 heteroatoms. The van der Waals surface area contributed by atoms with Crippen LogP contribution < -0.4 is 0 Å². The summed E-state index contributed by atoms with van der Waals surface area (Å²) in [6, 6.07) is 60.5. The van der Waals surface area contributed by atoms with Gasteiger partial charge in [0.25, 0.3) is 0 Å². The zero-order valence-corrected chi connectivity index (χ0v) is 37.7. The first-order valence-corrected chi connectivity index (χ1v) is 20.8. The van der Waals surface area contributed by atoms with Gasteiger partial charge in [-0.2, -0.15) is 0 Å². The SMILES string of the molecule is CC(C)c1cc(-c2ccccc2)cc(C(C)C)c1-n1c(-c2[c-]c3nc(-c4ccccc4)oc3c(-c3ccccc3)c2)nc2ccccc21.[2H]C([2H])([2H])c1c[c-]c(-c2ccc(C([2H])([2H])[2H])cn2)cc1.[Ir]. The molecule has 0 spiro atoms. The minimum Gasteiger partial charge on any atom is -0.484 e. The quantitative estimate of drug-likeness (QED) is 0.142. The third-order valence-corrected chi connectivity index (χ3v) is 10.9. The van der Waals surface area contributed by atoms with Gasteiger partial charge in [-0.15, -0.1) is 53.1 Å². The Labute approximate surface area is 392 Å². The summed E-state index contributed by atoms with van der Waals surface area (Å²) in [5.74, 6) is 1.94. The maximum atomic E-state index is 7.28. The monoisotopic (exact) mass is 1000 g/mol. The molecule has 5 nitrogen and oxygen atoms in total. The zero-order valence-electron chi connectivity index (χ0n) is 41.4. The van der Waals surface area contributed by atoms with Crippen LogP contribution in [0.5, 0.6) is 0 Å². The van der Waals surface area contributed by atoms with Gasteiger partial charge in [0.15, 0.2) is 0 Å². The van der Waals surface area contributed by atoms with Crippen molar-refractivity contribution in [3.8, 4) is 62.0 Å². The molecule has 10 aromatic rings. The molecule has 0 aliphatic heterocycles. The van der Waals surface area contributed by atoms with Crippen molar-refractivity contribution < 1.29 is 32.7 Å². The predicted molar refractivity (Wildman–Crippen MR) is 255 cm³/mol. The number of hydrogen-bond donors (Lipinski definition) is 0. The van der Waals surface area contributed by atoms with Crippen molar-refractivity contribution in [2.75, 3.05) is 0 Å². The van der Waals surface area contributed by atoms with Crippen molar-refractivity contribution in [2.45, 2.75) is 53.2 Å². The minimum absolute atomic E-state index is 0. The maximum Gasteiger partial charge on any atom is 0.216 e. The van der Waals surface area contributed by atoms with Gasteiger partial charge in [0, 0.05) is 51.3 Å². The number of imidazole rings is 1. The molecule has 0 aliphatic rings. The summed E-state index contributed by atoms with van der Waals surface area (Å²) in [4.78, 5) is 14.4. The van der Waals surface area contributed by atoms with E-state index in [4.69, 9.17) is 22.6 Å². The number of nitrogens with zero attached hydrogens (tertiary/aromatic N) is 4. The molecule has 0 fully saturated rings. The van der Waals surface area contributed by atoms with Crippen molar-refractivity contribution in [3.63, 3.8) is 0 Å². The number of fused-ring (bicyclic) bond motifs is 2. The Hall–Kier alpha value is -6.72. The van der Waals surface area contributed by atoms with Crippen LogP contribution in [0.25, 0.3) is 84.2 Å². The topological polar surface area (TPSA) is 56.7 Å². The second-order valence-electron chi connectivity index (χ2n) is 15.9. The van der Waals surface area contributed by atoms with Crippen molar-refractivity contribution in [2.24, 2.45) is 0 Å². The van der Waals surface area contributed by atoms with Crippen molar-refractivity contribution in [1.82, 2.24) is 19.5 Å². The van der Waals surface area contributed by atoms with Crippen LogP contribution in [0.15, 0.2) is 174 Å². The van der Waals surface area contributed by atoms with Crippen LogP contribution >= 0.6 is 0 Å². The van der Waals surface area contributed by atoms with Crippen LogP contribution in [0.4, 0.5) is 0 Å². The average Bonchev–Trinajstić information content (AvgIpc) is 3.96. The minimum atomic E-state index is -2.18. The molecule has 0 aliphatic carbocycles. The van der Waals surface area contributed by atoms with Gasteiger partial charge in [-0.25, -0.2) is 4.98 Å². The van der Waals surface area contributed by atoms with E-state index in [-0.39, 0.29) is 43.1 Å². The standard InChI is InChI=1S/C44H36N3O.C13H12N.Ir/c1-28(2)35-24-33(30-16-8-5-9-17-30)25-36(29(3)4)41(35)47-40-23-15-14-22-38(40)45-43(47)34-26-37(31-18-10-6-11-19-31)42-39(27-34)46-44(48-42)32-20-12-7-13-21-32;1-10-3-6-12(7-4-10)13-8-5-11(2)9-14-13;/h5-26,28-29H,1-4H3;3-6,8-9H,1-2H3;/q2*-1;/i;1D3,2D3;. The third kappa shape index (κ3) is 8.97. The van der Waals surface area contributed by atoms with Gasteiger partial charge < -0.3 is 14.0 Å². The molecular formula is C57H48IrN4O-2. The number of rotatable bonds is 8. The van der Waals surface area contributed by atoms with E-state index < -0.39 is 13.7 Å². The number of pyridine rings is 1. The molecule has 0 unspecified atom stereocenters. The fraction of sp³-hybridized carbons (Fsp3) is 0.140. The normalized spacial score (nSPS) is 13.0. The smallest absolute Gasteiger partial charge is 0.216 e. The van der Waals surface area contributed by atoms with E-state index in [1.165, 1.54) is 52.3 Å². The number of para-hydroxylation sites is 2. The molecule has 63 heavy (non-hydrogen) atoms. The first-order valence-electron chi connectivity index (χ1n) is 23.8. The van der Waals surface area contributed by atoms with Gasteiger partial charge in [0.05, 0.1) is 22.4 Å². The van der Waals surface area contributed by atoms with Crippen LogP contribution in [0.3, 0.4) is 0 Å². The number of aryl methyl sites for hydroxylation is 2. The summed E-state index contributed by atoms with van der Waals surface area (Å²) < 4.78 is 52.5. The van der Waals surface area contributed by atoms with Crippen LogP contribution in [0, 0.1) is 25.8 Å². The third-order valence-electron chi connectivity index (χ3n) is 10.9. The van der Waals surface area contributed by atoms with Gasteiger partial charge in [0.1, 0.15) is 0 Å². The van der Waals surface area contributed by atoms with Gasteiger partial charge in [-0.05, 0) is 94.2 Å². The Kier molecular flexibility index (Phi) is 10.6. The van der Waals surface area contributed by atoms with Crippen molar-refractivity contribution >= 4 is 22.1 Å². The van der Waals surface area contributed by atoms with E-state index in [1.807, 2.05) is 36.4 Å². The van der Waals surface area contributed by atoms with Crippen molar-refractivity contribution in [3.05, 3.63) is 204 Å². The summed E-state index contributed by atoms with van der Waals surface area (Å²) in [6.45, 7) is 4.78. The molecule has 10 rings (SSSR count). The van der Waals surface area contributed by atoms with Gasteiger partial charge in [-0.3, -0.25) is 4.98 Å². The molecule has 1 radical (unpaired) electrons. The van der Waals surface area contributed by atoms with E-state index in [2.05, 4.69) is 146 Å². The van der Waals surface area contributed by atoms with E-state index in [9.17, 15) is 0 Å². The molecule has 0 atom stereocenters. The predicted octanol–water partition coefficient (Wildman–Crippen LogP) is 15.0. The molecule has 0 saturated heterocycles. The fourth-order valence-corrected chi connectivity index (χ4v) is 7.80. The Bertz CT molecular complexity index is 3260. The zero-order chi connectivity index (χ0) is 47.7. The largest absolute Gasteiger partial charge is 0.484 e. The van der Waals surface area contributed by atoms with Gasteiger partial charge >= 0.3 is 0 Å². The van der Waals surface area contributed by atoms with Gasteiger partial charge in [-0.1, -0.05) is 143 Å². The van der Waals surface area contributed by atoms with E-state index in [1.54, 1.807) is 12.1 Å². The van der Waals surface area contributed by atoms with Crippen LogP contribution in [0.2, 0.25) is 0 Å². The molecule has 0 bridgehead atoms. The molecule has 0 amide bonds. The Morgan fingerprint density at radius 3 is 1.83 bits per heavy atom. The Morgan fingerprint density at radius 1 is 0.603 bits per heavy atom. The van der Waals surface area contributed by atoms with Gasteiger partial charge in [0.2, 0.25) is 5.89 Å². The number of benzene rings is 7. The summed E-state index contributed by atoms with van der Waals surface area (Å²) in [5, 5.41) is 0. The second-order valence-corrected chi connectivity index (χ2v) is 15.9. The molecular weight excluding hydrogens is 949 g/mol. The summed E-state index contributed by atoms with van der Waals surface area (Å²) in [6.07, 6.45) is 1.30. The van der Waals surface area contributed by atoms with Crippen molar-refractivity contribution in [1.29, 1.82) is 0 Å². The molecule has 3 aromatic heterocycles. The average molecular weight is 1000 g/mol. The van der Waals surface area contributed by atoms with Crippen LogP contribution in [-0.2, 0) is 20.1 Å². The fourth-order valence-electron chi connectivity index (χ4n) is 7.80. The van der Waals surface area contributed by atoms with Crippen LogP contribution in [-0.4, -0.2) is 19.5 Å². The number of oxazole rings is 1. The summed E-state index contributed by atoms with van der Waals surface area (Å²) in [7, 11) is 0. The molecule has 313 valence electrons. The summed E-state index contributed by atoms with van der Waals surface area (Å²) >= 11 is 0. The Morgan fingerprint density at radius 2 is 1.22 bits per heavy atom. The number of hydrogen-bond acceptors (Lipinski definition) is 4. The van der Waals surface area contributed by atoms with Crippen LogP contribution in [0.1, 0.15) is 70.0 Å².